The zero-order chi connectivity index (χ0) is 16.4. The van der Waals surface area contributed by atoms with Crippen LogP contribution in [0.1, 0.15) is 42.0 Å². The number of aryl methyl sites for hydroxylation is 1. The Labute approximate surface area is 136 Å². The zero-order valence-corrected chi connectivity index (χ0v) is 14.5. The van der Waals surface area contributed by atoms with Crippen LogP contribution in [0.15, 0.2) is 24.3 Å². The number of carbonyl (C=O) groups is 1. The fourth-order valence-corrected chi connectivity index (χ4v) is 2.42. The van der Waals surface area contributed by atoms with Gasteiger partial charge in [-0.25, -0.2) is 4.68 Å². The Balaban J connectivity index is 2.27. The van der Waals surface area contributed by atoms with E-state index in [9.17, 15) is 4.79 Å². The van der Waals surface area contributed by atoms with Gasteiger partial charge >= 0.3 is 0 Å². The molecule has 1 aromatic heterocycles. The number of amides is 1. The highest BCUT2D eigenvalue weighted by Gasteiger charge is 2.16. The highest BCUT2D eigenvalue weighted by molar-refractivity contribution is 6.31. The number of nitrogens with zero attached hydrogens (tertiary/aromatic N) is 3. The Hall–Kier alpha value is -1.81. The third kappa shape index (κ3) is 3.02. The third-order valence-electron chi connectivity index (χ3n) is 4.13. The van der Waals surface area contributed by atoms with Crippen molar-refractivity contribution in [2.75, 3.05) is 7.05 Å². The maximum atomic E-state index is 12.4. The van der Waals surface area contributed by atoms with E-state index in [1.807, 2.05) is 52.1 Å². The molecular weight excluding hydrogens is 298 g/mol. The predicted octanol–water partition coefficient (Wildman–Crippen LogP) is 4.01. The maximum Gasteiger partial charge on any atom is 0.253 e. The van der Waals surface area contributed by atoms with Crippen molar-refractivity contribution >= 4 is 17.5 Å². The molecule has 0 saturated carbocycles. The maximum absolute atomic E-state index is 12.4. The summed E-state index contributed by atoms with van der Waals surface area (Å²) in [5.74, 6) is 0.0345. The second-order valence-corrected chi connectivity index (χ2v) is 5.99. The normalized spacial score (nSPS) is 12.3. The number of aromatic nitrogens is 2. The number of hydrogen-bond donors (Lipinski definition) is 0. The van der Waals surface area contributed by atoms with Gasteiger partial charge in [0.25, 0.3) is 5.91 Å². The van der Waals surface area contributed by atoms with Crippen molar-refractivity contribution in [3.8, 4) is 5.69 Å². The molecule has 0 radical (unpaired) electrons. The molecule has 2 rings (SSSR count). The van der Waals surface area contributed by atoms with E-state index in [1.165, 1.54) is 0 Å². The van der Waals surface area contributed by atoms with Gasteiger partial charge < -0.3 is 4.90 Å². The van der Waals surface area contributed by atoms with Crippen molar-refractivity contribution in [1.29, 1.82) is 0 Å². The first-order valence-electron chi connectivity index (χ1n) is 7.46. The van der Waals surface area contributed by atoms with E-state index in [4.69, 9.17) is 11.6 Å². The SMILES string of the molecule is CCC(C)N(C)C(=O)c1ccc(-n2nc(C)c(Cl)c2C)cc1. The van der Waals surface area contributed by atoms with Crippen molar-refractivity contribution in [2.45, 2.75) is 40.2 Å². The standard InChI is InChI=1S/C17H22ClN3O/c1-6-11(2)20(5)17(22)14-7-9-15(10-8-14)21-13(4)16(18)12(3)19-21/h7-11H,6H2,1-5H3. The molecule has 1 amide bonds. The summed E-state index contributed by atoms with van der Waals surface area (Å²) in [6.07, 6.45) is 0.935. The molecule has 0 aliphatic heterocycles. The van der Waals surface area contributed by atoms with E-state index in [2.05, 4.69) is 12.0 Å². The van der Waals surface area contributed by atoms with Crippen LogP contribution in [0.4, 0.5) is 0 Å². The summed E-state index contributed by atoms with van der Waals surface area (Å²) in [5, 5.41) is 5.10. The highest BCUT2D eigenvalue weighted by Crippen LogP contribution is 2.22. The molecular formula is C17H22ClN3O. The molecule has 0 bridgehead atoms. The number of hydrogen-bond acceptors (Lipinski definition) is 2. The number of benzene rings is 1. The Morgan fingerprint density at radius 1 is 1.32 bits per heavy atom. The van der Waals surface area contributed by atoms with Crippen molar-refractivity contribution in [1.82, 2.24) is 14.7 Å². The van der Waals surface area contributed by atoms with Crippen molar-refractivity contribution < 1.29 is 4.79 Å². The first-order chi connectivity index (χ1) is 10.4. The molecule has 4 nitrogen and oxygen atoms in total. The van der Waals surface area contributed by atoms with Gasteiger partial charge in [0.05, 0.1) is 22.1 Å². The zero-order valence-electron chi connectivity index (χ0n) is 13.7. The van der Waals surface area contributed by atoms with Crippen LogP contribution < -0.4 is 0 Å². The summed E-state index contributed by atoms with van der Waals surface area (Å²) in [6, 6.07) is 7.69. The van der Waals surface area contributed by atoms with Gasteiger partial charge in [-0.1, -0.05) is 18.5 Å². The van der Waals surface area contributed by atoms with Crippen LogP contribution in [-0.4, -0.2) is 33.7 Å². The Morgan fingerprint density at radius 2 is 1.91 bits per heavy atom. The monoisotopic (exact) mass is 319 g/mol. The van der Waals surface area contributed by atoms with Crippen molar-refractivity contribution in [2.24, 2.45) is 0 Å². The highest BCUT2D eigenvalue weighted by atomic mass is 35.5. The average molecular weight is 320 g/mol. The quantitative estimate of drug-likeness (QED) is 0.854. The second-order valence-electron chi connectivity index (χ2n) is 5.62. The van der Waals surface area contributed by atoms with E-state index >= 15 is 0 Å². The molecule has 0 fully saturated rings. The van der Waals surface area contributed by atoms with Crippen LogP contribution >= 0.6 is 11.6 Å². The van der Waals surface area contributed by atoms with E-state index in [-0.39, 0.29) is 11.9 Å². The Bertz CT molecular complexity index is 676. The summed E-state index contributed by atoms with van der Waals surface area (Å²) < 4.78 is 1.80. The lowest BCUT2D eigenvalue weighted by molar-refractivity contribution is 0.0740. The molecule has 0 saturated heterocycles. The number of rotatable bonds is 4. The van der Waals surface area contributed by atoms with Gasteiger partial charge in [0.1, 0.15) is 0 Å². The van der Waals surface area contributed by atoms with Gasteiger partial charge in [0.15, 0.2) is 0 Å². The molecule has 0 aliphatic rings. The van der Waals surface area contributed by atoms with Gasteiger partial charge in [-0.2, -0.15) is 5.10 Å². The van der Waals surface area contributed by atoms with Crippen LogP contribution in [0.5, 0.6) is 0 Å². The minimum Gasteiger partial charge on any atom is -0.339 e. The minimum absolute atomic E-state index is 0.0345. The fourth-order valence-electron chi connectivity index (χ4n) is 2.30. The van der Waals surface area contributed by atoms with Crippen LogP contribution in [0.3, 0.4) is 0 Å². The smallest absolute Gasteiger partial charge is 0.253 e. The van der Waals surface area contributed by atoms with Crippen LogP contribution in [0.25, 0.3) is 5.69 Å². The molecule has 0 spiro atoms. The lowest BCUT2D eigenvalue weighted by Crippen LogP contribution is -2.34. The topological polar surface area (TPSA) is 38.1 Å². The van der Waals surface area contributed by atoms with Gasteiger partial charge in [-0.05, 0) is 51.5 Å². The largest absolute Gasteiger partial charge is 0.339 e. The molecule has 1 heterocycles. The Kier molecular flexibility index (Phi) is 4.91. The molecule has 118 valence electrons. The van der Waals surface area contributed by atoms with E-state index in [0.29, 0.717) is 10.6 Å². The average Bonchev–Trinajstić information content (AvgIpc) is 2.80. The lowest BCUT2D eigenvalue weighted by atomic mass is 10.1. The Morgan fingerprint density at radius 3 is 2.36 bits per heavy atom. The summed E-state index contributed by atoms with van der Waals surface area (Å²) >= 11 is 6.18. The molecule has 1 unspecified atom stereocenters. The van der Waals surface area contributed by atoms with Gasteiger partial charge in [-0.15, -0.1) is 0 Å². The minimum atomic E-state index is 0.0345. The molecule has 22 heavy (non-hydrogen) atoms. The predicted molar refractivity (Wildman–Crippen MR) is 89.9 cm³/mol. The molecule has 0 aliphatic carbocycles. The first-order valence-corrected chi connectivity index (χ1v) is 7.83. The van der Waals surface area contributed by atoms with Crippen LogP contribution in [0, 0.1) is 13.8 Å². The van der Waals surface area contributed by atoms with Crippen molar-refractivity contribution in [3.05, 3.63) is 46.2 Å². The van der Waals surface area contributed by atoms with Gasteiger partial charge in [0.2, 0.25) is 0 Å². The third-order valence-corrected chi connectivity index (χ3v) is 4.68. The van der Waals surface area contributed by atoms with E-state index in [0.717, 1.165) is 23.5 Å². The molecule has 0 N–H and O–H groups in total. The fraction of sp³-hybridized carbons (Fsp3) is 0.412. The molecule has 2 aromatic rings. The number of carbonyl (C=O) groups excluding carboxylic acids is 1. The van der Waals surface area contributed by atoms with Crippen LogP contribution in [-0.2, 0) is 0 Å². The molecule has 1 aromatic carbocycles. The summed E-state index contributed by atoms with van der Waals surface area (Å²) in [7, 11) is 1.84. The summed E-state index contributed by atoms with van der Waals surface area (Å²) in [5.41, 5.74) is 3.28. The first kappa shape index (κ1) is 16.6. The summed E-state index contributed by atoms with van der Waals surface area (Å²) in [6.45, 7) is 7.93. The molecule has 5 heteroatoms. The van der Waals surface area contributed by atoms with Crippen molar-refractivity contribution in [3.63, 3.8) is 0 Å². The van der Waals surface area contributed by atoms with E-state index < -0.39 is 0 Å². The lowest BCUT2D eigenvalue weighted by Gasteiger charge is -2.23. The second kappa shape index (κ2) is 6.53. The van der Waals surface area contributed by atoms with Crippen LogP contribution in [0.2, 0.25) is 5.02 Å². The summed E-state index contributed by atoms with van der Waals surface area (Å²) in [4.78, 5) is 14.2. The molecule has 1 atom stereocenters. The number of halogens is 1. The van der Waals surface area contributed by atoms with E-state index in [1.54, 1.807) is 9.58 Å². The van der Waals surface area contributed by atoms with Gasteiger partial charge in [-0.3, -0.25) is 4.79 Å². The van der Waals surface area contributed by atoms with Gasteiger partial charge in [0, 0.05) is 18.7 Å².